The number of rotatable bonds is 6. The molecule has 8 heteroatoms. The van der Waals surface area contributed by atoms with Crippen molar-refractivity contribution in [2.45, 2.75) is 31.7 Å². The summed E-state index contributed by atoms with van der Waals surface area (Å²) < 4.78 is 38.2. The summed E-state index contributed by atoms with van der Waals surface area (Å²) in [5.41, 5.74) is 3.98. The molecule has 0 saturated carbocycles. The molecule has 0 fully saturated rings. The lowest BCUT2D eigenvalue weighted by molar-refractivity contribution is -0.126. The molecule has 32 heavy (non-hydrogen) atoms. The average molecular weight is 456 g/mol. The van der Waals surface area contributed by atoms with Crippen LogP contribution in [0.5, 0.6) is 0 Å². The number of benzene rings is 2. The zero-order valence-electron chi connectivity index (χ0n) is 18.7. The van der Waals surface area contributed by atoms with Crippen LogP contribution in [0, 0.1) is 19.7 Å². The molecule has 0 aliphatic heterocycles. The maximum atomic E-state index is 13.2. The van der Waals surface area contributed by atoms with Gasteiger partial charge in [0.15, 0.2) is 9.84 Å². The molecule has 0 bridgehead atoms. The van der Waals surface area contributed by atoms with Gasteiger partial charge in [-0.2, -0.15) is 5.10 Å². The van der Waals surface area contributed by atoms with Crippen LogP contribution in [-0.4, -0.2) is 42.3 Å². The second-order valence-corrected chi connectivity index (χ2v) is 9.79. The van der Waals surface area contributed by atoms with Gasteiger partial charge in [-0.1, -0.05) is 12.1 Å². The highest BCUT2D eigenvalue weighted by atomic mass is 32.2. The molecule has 3 rings (SSSR count). The number of carbonyl (C=O) groups is 1. The van der Waals surface area contributed by atoms with E-state index in [0.29, 0.717) is 0 Å². The first kappa shape index (κ1) is 23.4. The van der Waals surface area contributed by atoms with Gasteiger partial charge >= 0.3 is 0 Å². The Bertz CT molecular complexity index is 1260. The largest absolute Gasteiger partial charge is 0.335 e. The molecule has 0 N–H and O–H groups in total. The summed E-state index contributed by atoms with van der Waals surface area (Å²) in [7, 11) is -1.57. The van der Waals surface area contributed by atoms with Crippen molar-refractivity contribution >= 4 is 21.8 Å². The highest BCUT2D eigenvalue weighted by Crippen LogP contribution is 2.23. The minimum absolute atomic E-state index is 0.196. The Morgan fingerprint density at radius 2 is 1.69 bits per heavy atom. The summed E-state index contributed by atoms with van der Waals surface area (Å²) in [6.07, 6.45) is 4.39. The SMILES string of the molecule is Cc1nn(-c2ccc(F)cc2)c(C)c1C=CC(=O)N(C)C(C)c1ccc(S(C)(=O)=O)cc1. The van der Waals surface area contributed by atoms with Crippen molar-refractivity contribution in [1.82, 2.24) is 14.7 Å². The average Bonchev–Trinajstić information content (AvgIpc) is 3.04. The molecule has 6 nitrogen and oxygen atoms in total. The summed E-state index contributed by atoms with van der Waals surface area (Å²) in [6.45, 7) is 5.63. The van der Waals surface area contributed by atoms with Gasteiger partial charge in [-0.25, -0.2) is 17.5 Å². The third-order valence-corrected chi connectivity index (χ3v) is 6.66. The Morgan fingerprint density at radius 1 is 1.09 bits per heavy atom. The van der Waals surface area contributed by atoms with E-state index in [4.69, 9.17) is 0 Å². The highest BCUT2D eigenvalue weighted by Gasteiger charge is 2.17. The van der Waals surface area contributed by atoms with Gasteiger partial charge in [0.1, 0.15) is 5.82 Å². The van der Waals surface area contributed by atoms with Crippen LogP contribution in [0.1, 0.15) is 35.5 Å². The third kappa shape index (κ3) is 4.96. The molecule has 0 spiro atoms. The number of likely N-dealkylation sites (N-methyl/N-ethyl adjacent to an activating group) is 1. The highest BCUT2D eigenvalue weighted by molar-refractivity contribution is 7.90. The first-order valence-corrected chi connectivity index (χ1v) is 11.9. The maximum absolute atomic E-state index is 13.2. The van der Waals surface area contributed by atoms with Crippen molar-refractivity contribution in [3.05, 3.63) is 82.9 Å². The first-order valence-electron chi connectivity index (χ1n) is 10.1. The standard InChI is InChI=1S/C24H26FN3O3S/c1-16-23(18(3)28(26-16)21-10-8-20(25)9-11-21)14-15-24(29)27(4)17(2)19-6-12-22(13-7-19)32(5,30)31/h6-15,17H,1-5H3. The number of aryl methyl sites for hydroxylation is 1. The normalized spacial score (nSPS) is 12.8. The Balaban J connectivity index is 1.78. The molecular weight excluding hydrogens is 429 g/mol. The number of sulfone groups is 1. The number of halogens is 1. The van der Waals surface area contributed by atoms with E-state index in [1.165, 1.54) is 18.2 Å². The number of nitrogens with zero attached hydrogens (tertiary/aromatic N) is 3. The van der Waals surface area contributed by atoms with Crippen molar-refractivity contribution in [3.63, 3.8) is 0 Å². The second-order valence-electron chi connectivity index (χ2n) is 7.77. The Morgan fingerprint density at radius 3 is 2.25 bits per heavy atom. The lowest BCUT2D eigenvalue weighted by atomic mass is 10.1. The molecule has 0 saturated heterocycles. The van der Waals surface area contributed by atoms with Gasteiger partial charge in [-0.15, -0.1) is 0 Å². The Labute approximate surface area is 187 Å². The molecule has 0 radical (unpaired) electrons. The van der Waals surface area contributed by atoms with E-state index in [1.807, 2.05) is 20.8 Å². The van der Waals surface area contributed by atoms with Gasteiger partial charge in [0.25, 0.3) is 0 Å². The predicted octanol–water partition coefficient (Wildman–Crippen LogP) is 4.26. The monoisotopic (exact) mass is 455 g/mol. The van der Waals surface area contributed by atoms with E-state index in [1.54, 1.807) is 59.1 Å². The van der Waals surface area contributed by atoms with E-state index >= 15 is 0 Å². The van der Waals surface area contributed by atoms with Crippen LogP contribution in [-0.2, 0) is 14.6 Å². The van der Waals surface area contributed by atoms with Crippen molar-refractivity contribution in [1.29, 1.82) is 0 Å². The summed E-state index contributed by atoms with van der Waals surface area (Å²) in [6, 6.07) is 12.3. The second kappa shape index (κ2) is 9.08. The van der Waals surface area contributed by atoms with Gasteiger partial charge in [-0.3, -0.25) is 4.79 Å². The van der Waals surface area contributed by atoms with Crippen molar-refractivity contribution in [3.8, 4) is 5.69 Å². The topological polar surface area (TPSA) is 72.3 Å². The fraction of sp³-hybridized carbons (Fsp3) is 0.250. The number of aromatic nitrogens is 2. The molecule has 3 aromatic rings. The quantitative estimate of drug-likeness (QED) is 0.521. The zero-order chi connectivity index (χ0) is 23.6. The van der Waals surface area contributed by atoms with Crippen molar-refractivity contribution in [2.24, 2.45) is 0 Å². The molecule has 168 valence electrons. The van der Waals surface area contributed by atoms with Gasteiger partial charge < -0.3 is 4.90 Å². The molecule has 1 heterocycles. The lowest BCUT2D eigenvalue weighted by Crippen LogP contribution is -2.28. The number of hydrogen-bond acceptors (Lipinski definition) is 4. The van der Waals surface area contributed by atoms with Crippen molar-refractivity contribution in [2.75, 3.05) is 13.3 Å². The van der Waals surface area contributed by atoms with Gasteiger partial charge in [-0.05, 0) is 68.8 Å². The van der Waals surface area contributed by atoms with Crippen LogP contribution in [0.25, 0.3) is 11.8 Å². The van der Waals surface area contributed by atoms with Crippen LogP contribution < -0.4 is 0 Å². The summed E-state index contributed by atoms with van der Waals surface area (Å²) >= 11 is 0. The van der Waals surface area contributed by atoms with Crippen LogP contribution in [0.4, 0.5) is 4.39 Å². The molecule has 1 unspecified atom stereocenters. The van der Waals surface area contributed by atoms with Crippen LogP contribution in [0.2, 0.25) is 0 Å². The first-order chi connectivity index (χ1) is 15.0. The summed E-state index contributed by atoms with van der Waals surface area (Å²) in [4.78, 5) is 14.6. The van der Waals surface area contributed by atoms with Gasteiger partial charge in [0.2, 0.25) is 5.91 Å². The molecule has 1 atom stereocenters. The predicted molar refractivity (Wildman–Crippen MR) is 123 cm³/mol. The fourth-order valence-electron chi connectivity index (χ4n) is 3.41. The molecule has 0 aliphatic rings. The maximum Gasteiger partial charge on any atom is 0.246 e. The third-order valence-electron chi connectivity index (χ3n) is 5.53. The van der Waals surface area contributed by atoms with Gasteiger partial charge in [0.05, 0.1) is 22.3 Å². The number of carbonyl (C=O) groups excluding carboxylic acids is 1. The molecular formula is C24H26FN3O3S. The number of amides is 1. The molecule has 0 aliphatic carbocycles. The van der Waals surface area contributed by atoms with E-state index in [9.17, 15) is 17.6 Å². The van der Waals surface area contributed by atoms with E-state index < -0.39 is 9.84 Å². The van der Waals surface area contributed by atoms with Crippen molar-refractivity contribution < 1.29 is 17.6 Å². The summed E-state index contributed by atoms with van der Waals surface area (Å²) in [5, 5.41) is 4.51. The van der Waals surface area contributed by atoms with Gasteiger partial charge in [0, 0.05) is 30.6 Å². The van der Waals surface area contributed by atoms with E-state index in [-0.39, 0.29) is 22.7 Å². The van der Waals surface area contributed by atoms with Crippen LogP contribution >= 0.6 is 0 Å². The minimum Gasteiger partial charge on any atom is -0.335 e. The molecule has 1 amide bonds. The Hall–Kier alpha value is -3.26. The minimum atomic E-state index is -3.27. The summed E-state index contributed by atoms with van der Waals surface area (Å²) in [5.74, 6) is -0.512. The Kier molecular flexibility index (Phi) is 6.64. The van der Waals surface area contributed by atoms with E-state index in [2.05, 4.69) is 5.10 Å². The molecule has 2 aromatic carbocycles. The number of hydrogen-bond donors (Lipinski definition) is 0. The van der Waals surface area contributed by atoms with Crippen LogP contribution in [0.15, 0.2) is 59.5 Å². The fourth-order valence-corrected chi connectivity index (χ4v) is 4.04. The molecule has 1 aromatic heterocycles. The zero-order valence-corrected chi connectivity index (χ0v) is 19.5. The van der Waals surface area contributed by atoms with Crippen LogP contribution in [0.3, 0.4) is 0 Å². The smallest absolute Gasteiger partial charge is 0.246 e. The van der Waals surface area contributed by atoms with E-state index in [0.717, 1.165) is 34.5 Å². The lowest BCUT2D eigenvalue weighted by Gasteiger charge is -2.24.